The molecule has 3 N–H and O–H groups in total. The third kappa shape index (κ3) is 2.45. The Bertz CT molecular complexity index is 600. The van der Waals surface area contributed by atoms with Gasteiger partial charge >= 0.3 is 5.97 Å². The molecule has 7 nitrogen and oxygen atoms in total. The van der Waals surface area contributed by atoms with E-state index in [-0.39, 0.29) is 11.4 Å². The predicted octanol–water partition coefficient (Wildman–Crippen LogP) is 1.06. The Morgan fingerprint density at radius 2 is 2.27 bits per heavy atom. The summed E-state index contributed by atoms with van der Waals surface area (Å²) in [5.41, 5.74) is 5.69. The van der Waals surface area contributed by atoms with Gasteiger partial charge in [0, 0.05) is 29.2 Å². The number of halogens is 1. The van der Waals surface area contributed by atoms with E-state index in [1.807, 2.05) is 4.90 Å². The summed E-state index contributed by atoms with van der Waals surface area (Å²) < 4.78 is 11.0. The zero-order chi connectivity index (χ0) is 16.0. The predicted molar refractivity (Wildman–Crippen MR) is 85.2 cm³/mol. The number of carbonyl (C=O) groups excluding carboxylic acids is 1. The minimum absolute atomic E-state index is 0.192. The molecular formula is C14H19BrN4O3. The van der Waals surface area contributed by atoms with Crippen molar-refractivity contribution in [1.82, 2.24) is 9.88 Å². The van der Waals surface area contributed by atoms with Gasteiger partial charge in [0.15, 0.2) is 5.66 Å². The van der Waals surface area contributed by atoms with Crippen molar-refractivity contribution in [2.24, 2.45) is 5.41 Å². The van der Waals surface area contributed by atoms with E-state index in [0.29, 0.717) is 11.5 Å². The van der Waals surface area contributed by atoms with Crippen molar-refractivity contribution in [3.63, 3.8) is 0 Å². The summed E-state index contributed by atoms with van der Waals surface area (Å²) in [7, 11) is 1.38. The number of pyridine rings is 1. The molecule has 8 heteroatoms. The number of hydrogen-bond acceptors (Lipinski definition) is 7. The van der Waals surface area contributed by atoms with Gasteiger partial charge in [0.1, 0.15) is 5.82 Å². The molecule has 1 atom stereocenters. The molecule has 1 spiro atoms. The third-order valence-corrected chi connectivity index (χ3v) is 4.78. The van der Waals surface area contributed by atoms with Crippen molar-refractivity contribution >= 4 is 33.4 Å². The van der Waals surface area contributed by atoms with Gasteiger partial charge in [-0.15, -0.1) is 0 Å². The number of nitrogens with two attached hydrogens (primary N) is 1. The van der Waals surface area contributed by atoms with Crippen LogP contribution in [0.4, 0.5) is 11.5 Å². The number of rotatable bonds is 4. The summed E-state index contributed by atoms with van der Waals surface area (Å²) in [5.74, 6) is -0.0255. The van der Waals surface area contributed by atoms with Crippen LogP contribution in [0.3, 0.4) is 0 Å². The Kier molecular flexibility index (Phi) is 3.78. The molecule has 0 aliphatic carbocycles. The number of nitrogens with one attached hydrogen (secondary N) is 1. The van der Waals surface area contributed by atoms with E-state index >= 15 is 0 Å². The van der Waals surface area contributed by atoms with Crippen LogP contribution in [0.25, 0.3) is 0 Å². The van der Waals surface area contributed by atoms with Gasteiger partial charge in [0.2, 0.25) is 0 Å². The van der Waals surface area contributed by atoms with Crippen LogP contribution >= 0.6 is 15.9 Å². The zero-order valence-electron chi connectivity index (χ0n) is 12.6. The normalized spacial score (nSPS) is 22.3. The lowest BCUT2D eigenvalue weighted by molar-refractivity contribution is -0.213. The Morgan fingerprint density at radius 1 is 1.59 bits per heavy atom. The van der Waals surface area contributed by atoms with Crippen LogP contribution in [0.15, 0.2) is 16.7 Å². The van der Waals surface area contributed by atoms with Crippen LogP contribution in [-0.4, -0.2) is 54.9 Å². The van der Waals surface area contributed by atoms with Crippen molar-refractivity contribution < 1.29 is 14.3 Å². The average molecular weight is 371 g/mol. The molecule has 3 rings (SSSR count). The second-order valence-corrected chi connectivity index (χ2v) is 7.04. The highest BCUT2D eigenvalue weighted by molar-refractivity contribution is 9.10. The lowest BCUT2D eigenvalue weighted by Gasteiger charge is -2.59. The number of esters is 1. The van der Waals surface area contributed by atoms with E-state index < -0.39 is 5.66 Å². The minimum Gasteiger partial charge on any atom is -0.466 e. The van der Waals surface area contributed by atoms with Crippen molar-refractivity contribution in [3.8, 4) is 0 Å². The largest absolute Gasteiger partial charge is 0.466 e. The first-order valence-electron chi connectivity index (χ1n) is 6.99. The molecule has 1 unspecified atom stereocenters. The Morgan fingerprint density at radius 3 is 2.82 bits per heavy atom. The molecule has 0 aromatic carbocycles. The maximum atomic E-state index is 12.4. The number of aromatic nitrogens is 1. The van der Waals surface area contributed by atoms with Crippen LogP contribution < -0.4 is 11.1 Å². The second kappa shape index (κ2) is 5.36. The van der Waals surface area contributed by atoms with Gasteiger partial charge in [0.05, 0.1) is 26.0 Å². The number of carbonyl (C=O) groups is 1. The van der Waals surface area contributed by atoms with Crippen LogP contribution in [0.5, 0.6) is 0 Å². The number of nitrogen functional groups attached to an aromatic ring is 1. The summed E-state index contributed by atoms with van der Waals surface area (Å²) in [5, 5.41) is 3.20. The molecule has 1 aromatic heterocycles. The number of nitrogens with zero attached hydrogens (tertiary/aromatic N) is 2. The molecule has 0 saturated carbocycles. The van der Waals surface area contributed by atoms with Crippen molar-refractivity contribution in [2.45, 2.75) is 12.6 Å². The maximum absolute atomic E-state index is 12.4. The minimum atomic E-state index is -0.994. The van der Waals surface area contributed by atoms with E-state index in [2.05, 4.69) is 26.2 Å². The molecule has 2 aliphatic rings. The first-order valence-corrected chi connectivity index (χ1v) is 7.78. The van der Waals surface area contributed by atoms with Gasteiger partial charge < -0.3 is 20.5 Å². The fourth-order valence-corrected chi connectivity index (χ4v) is 3.25. The zero-order valence-corrected chi connectivity index (χ0v) is 14.1. The number of likely N-dealkylation sites (tertiary alicyclic amines) is 1. The van der Waals surface area contributed by atoms with E-state index in [9.17, 15) is 4.79 Å². The Balaban J connectivity index is 1.83. The first-order chi connectivity index (χ1) is 10.4. The lowest BCUT2D eigenvalue weighted by Crippen LogP contribution is -2.74. The fourth-order valence-electron chi connectivity index (χ4n) is 2.92. The van der Waals surface area contributed by atoms with Gasteiger partial charge in [-0.05, 0) is 28.9 Å². The molecule has 1 aromatic rings. The van der Waals surface area contributed by atoms with E-state index in [1.165, 1.54) is 7.11 Å². The summed E-state index contributed by atoms with van der Waals surface area (Å²) in [6, 6.07) is 1.80. The van der Waals surface area contributed by atoms with Crippen LogP contribution in [0.2, 0.25) is 0 Å². The van der Waals surface area contributed by atoms with Gasteiger partial charge in [-0.3, -0.25) is 4.90 Å². The smallest absolute Gasteiger partial charge is 0.346 e. The molecule has 2 aliphatic heterocycles. The average Bonchev–Trinajstić information content (AvgIpc) is 2.38. The van der Waals surface area contributed by atoms with E-state index in [0.717, 1.165) is 30.8 Å². The highest BCUT2D eigenvalue weighted by Gasteiger charge is 2.57. The molecule has 2 saturated heterocycles. The molecule has 0 bridgehead atoms. The van der Waals surface area contributed by atoms with Crippen molar-refractivity contribution in [2.75, 3.05) is 44.5 Å². The quantitative estimate of drug-likeness (QED) is 0.765. The molecule has 2 fully saturated rings. The van der Waals surface area contributed by atoms with Crippen LogP contribution in [-0.2, 0) is 14.3 Å². The molecule has 22 heavy (non-hydrogen) atoms. The lowest BCUT2D eigenvalue weighted by atomic mass is 9.76. The number of methoxy groups -OCH3 is 1. The van der Waals surface area contributed by atoms with Crippen molar-refractivity contribution in [3.05, 3.63) is 16.7 Å². The maximum Gasteiger partial charge on any atom is 0.346 e. The van der Waals surface area contributed by atoms with E-state index in [4.69, 9.17) is 15.2 Å². The van der Waals surface area contributed by atoms with Crippen LogP contribution in [0, 0.1) is 5.41 Å². The summed E-state index contributed by atoms with van der Waals surface area (Å²) in [4.78, 5) is 18.5. The molecule has 0 radical (unpaired) electrons. The number of anilines is 2. The van der Waals surface area contributed by atoms with Gasteiger partial charge in [-0.2, -0.15) is 0 Å². The summed E-state index contributed by atoms with van der Waals surface area (Å²) in [6.45, 7) is 4.87. The highest BCUT2D eigenvalue weighted by Crippen LogP contribution is 2.42. The van der Waals surface area contributed by atoms with Crippen molar-refractivity contribution in [1.29, 1.82) is 0 Å². The number of ether oxygens (including phenoxy) is 2. The fraction of sp³-hybridized carbons (Fsp3) is 0.571. The monoisotopic (exact) mass is 370 g/mol. The third-order valence-electron chi connectivity index (χ3n) is 4.35. The summed E-state index contributed by atoms with van der Waals surface area (Å²) >= 11 is 3.36. The van der Waals surface area contributed by atoms with Crippen LogP contribution in [0.1, 0.15) is 6.92 Å². The molecule has 0 amide bonds. The molecule has 3 heterocycles. The first kappa shape index (κ1) is 15.5. The van der Waals surface area contributed by atoms with Gasteiger partial charge in [-0.1, -0.05) is 0 Å². The molecular weight excluding hydrogens is 352 g/mol. The highest BCUT2D eigenvalue weighted by atomic mass is 79.9. The van der Waals surface area contributed by atoms with Gasteiger partial charge in [-0.25, -0.2) is 9.78 Å². The summed E-state index contributed by atoms with van der Waals surface area (Å²) in [6.07, 6.45) is 1.61. The molecule has 120 valence electrons. The van der Waals surface area contributed by atoms with Gasteiger partial charge in [0.25, 0.3) is 0 Å². The Hall–Kier alpha value is -1.38. The standard InChI is InChI=1S/C14H19BrN4O3/c1-13(12(20)21-2,19-5-14(6-19)7-22-8-14)18-10-3-9(15)4-17-11(10)16/h3-4,18H,5-8H2,1-2H3,(H2,16,17). The number of hydrogen-bond donors (Lipinski definition) is 2. The second-order valence-electron chi connectivity index (χ2n) is 6.12. The topological polar surface area (TPSA) is 89.7 Å². The SMILES string of the molecule is COC(=O)C(C)(Nc1cc(Br)cnc1N)N1CC2(COC2)C1. The Labute approximate surface area is 137 Å². The van der Waals surface area contributed by atoms with E-state index in [1.54, 1.807) is 19.2 Å².